The summed E-state index contributed by atoms with van der Waals surface area (Å²) in [6.07, 6.45) is 10.7. The number of anilines is 2. The van der Waals surface area contributed by atoms with E-state index in [2.05, 4.69) is 25.3 Å². The second-order valence-corrected chi connectivity index (χ2v) is 6.71. The molecule has 1 amide bonds. The molecule has 3 aromatic heterocycles. The number of amides is 1. The molecule has 0 aromatic carbocycles. The zero-order valence-corrected chi connectivity index (χ0v) is 14.4. The van der Waals surface area contributed by atoms with Crippen LogP contribution in [-0.2, 0) is 0 Å². The van der Waals surface area contributed by atoms with Crippen LogP contribution in [0.5, 0.6) is 0 Å². The van der Waals surface area contributed by atoms with Gasteiger partial charge in [0.1, 0.15) is 0 Å². The molecule has 0 spiro atoms. The topological polar surface area (TPSA) is 75.9 Å². The molecule has 1 aliphatic rings. The zero-order valence-electron chi connectivity index (χ0n) is 13.6. The van der Waals surface area contributed by atoms with Gasteiger partial charge in [0.25, 0.3) is 11.9 Å². The Hall–Kier alpha value is -2.74. The minimum atomic E-state index is -0.151. The average Bonchev–Trinajstić information content (AvgIpc) is 3.35. The van der Waals surface area contributed by atoms with Crippen molar-refractivity contribution in [2.75, 3.05) is 23.3 Å². The van der Waals surface area contributed by atoms with Gasteiger partial charge in [-0.3, -0.25) is 4.79 Å². The van der Waals surface area contributed by atoms with E-state index in [0.717, 1.165) is 18.8 Å². The van der Waals surface area contributed by atoms with E-state index in [1.807, 2.05) is 23.2 Å². The first kappa shape index (κ1) is 15.8. The van der Waals surface area contributed by atoms with Gasteiger partial charge < -0.3 is 10.2 Å². The summed E-state index contributed by atoms with van der Waals surface area (Å²) in [4.78, 5) is 23.2. The monoisotopic (exact) mass is 354 g/mol. The third kappa shape index (κ3) is 3.53. The van der Waals surface area contributed by atoms with Crippen LogP contribution in [0.4, 0.5) is 11.4 Å². The van der Waals surface area contributed by atoms with Gasteiger partial charge in [-0.2, -0.15) is 16.4 Å². The lowest BCUT2D eigenvalue weighted by molar-refractivity contribution is 0.102. The lowest BCUT2D eigenvalue weighted by Crippen LogP contribution is -2.29. The van der Waals surface area contributed by atoms with Gasteiger partial charge in [0.2, 0.25) is 0 Å². The number of nitrogens with one attached hydrogen (secondary N) is 1. The summed E-state index contributed by atoms with van der Waals surface area (Å²) in [5.41, 5.74) is 2.29. The van der Waals surface area contributed by atoms with Crippen LogP contribution in [0.2, 0.25) is 0 Å². The van der Waals surface area contributed by atoms with Crippen LogP contribution in [0.25, 0.3) is 5.95 Å². The molecule has 0 bridgehead atoms. The molecule has 0 saturated carbocycles. The van der Waals surface area contributed by atoms with E-state index in [1.165, 1.54) is 30.6 Å². The van der Waals surface area contributed by atoms with Crippen LogP contribution in [0, 0.1) is 0 Å². The van der Waals surface area contributed by atoms with E-state index in [4.69, 9.17) is 0 Å². The van der Waals surface area contributed by atoms with Crippen molar-refractivity contribution >= 4 is 28.6 Å². The summed E-state index contributed by atoms with van der Waals surface area (Å²) < 4.78 is 1.56. The molecule has 4 rings (SSSR count). The van der Waals surface area contributed by atoms with Gasteiger partial charge in [-0.1, -0.05) is 0 Å². The van der Waals surface area contributed by atoms with Crippen molar-refractivity contribution in [3.8, 4) is 5.95 Å². The van der Waals surface area contributed by atoms with Gasteiger partial charge in [0, 0.05) is 18.5 Å². The molecule has 4 heterocycles. The number of hydrogen-bond acceptors (Lipinski definition) is 6. The van der Waals surface area contributed by atoms with Gasteiger partial charge in [-0.25, -0.2) is 14.6 Å². The van der Waals surface area contributed by atoms with Crippen LogP contribution >= 0.6 is 11.3 Å². The molecular formula is C17H18N6OS. The lowest BCUT2D eigenvalue weighted by atomic mass is 10.1. The van der Waals surface area contributed by atoms with Gasteiger partial charge in [0.05, 0.1) is 41.7 Å². The fourth-order valence-corrected chi connectivity index (χ4v) is 3.48. The first-order valence-corrected chi connectivity index (χ1v) is 9.19. The van der Waals surface area contributed by atoms with E-state index >= 15 is 0 Å². The Bertz CT molecular complexity index is 836. The van der Waals surface area contributed by atoms with Crippen molar-refractivity contribution < 1.29 is 4.79 Å². The Morgan fingerprint density at radius 1 is 1.12 bits per heavy atom. The van der Waals surface area contributed by atoms with E-state index in [9.17, 15) is 4.79 Å². The van der Waals surface area contributed by atoms with Crippen LogP contribution in [0.15, 0.2) is 41.6 Å². The number of carbonyl (C=O) groups excluding carboxylic acids is 1. The molecule has 1 saturated heterocycles. The van der Waals surface area contributed by atoms with Crippen molar-refractivity contribution in [2.24, 2.45) is 0 Å². The Labute approximate surface area is 149 Å². The summed E-state index contributed by atoms with van der Waals surface area (Å²) in [5, 5.41) is 10.7. The third-order valence-corrected chi connectivity index (χ3v) is 4.86. The fourth-order valence-electron chi connectivity index (χ4n) is 2.84. The second-order valence-electron chi connectivity index (χ2n) is 5.93. The molecular weight excluding hydrogens is 336 g/mol. The minimum absolute atomic E-state index is 0.151. The standard InChI is InChI=1S/C17H18N6OS/c24-16(13-4-7-25-12-13)21-14-8-20-23(11-14)17-18-9-15(10-19-17)22-5-2-1-3-6-22/h4,7-12H,1-3,5-6H2,(H,21,24). The summed E-state index contributed by atoms with van der Waals surface area (Å²) in [6, 6.07) is 1.78. The quantitative estimate of drug-likeness (QED) is 0.779. The largest absolute Gasteiger partial charge is 0.369 e. The van der Waals surface area contributed by atoms with Crippen molar-refractivity contribution in [1.82, 2.24) is 19.7 Å². The predicted octanol–water partition coefficient (Wildman–Crippen LogP) is 2.97. The summed E-state index contributed by atoms with van der Waals surface area (Å²) in [6.45, 7) is 2.12. The Morgan fingerprint density at radius 3 is 2.64 bits per heavy atom. The van der Waals surface area contributed by atoms with Gasteiger partial charge in [0.15, 0.2) is 0 Å². The molecule has 0 unspecified atom stereocenters. The second kappa shape index (κ2) is 7.02. The minimum Gasteiger partial charge on any atom is -0.369 e. The zero-order chi connectivity index (χ0) is 17.1. The predicted molar refractivity (Wildman–Crippen MR) is 97.5 cm³/mol. The SMILES string of the molecule is O=C(Nc1cnn(-c2ncc(N3CCCCC3)cn2)c1)c1ccsc1. The van der Waals surface area contributed by atoms with Crippen LogP contribution in [-0.4, -0.2) is 38.7 Å². The van der Waals surface area contributed by atoms with Crippen molar-refractivity contribution in [1.29, 1.82) is 0 Å². The Balaban J connectivity index is 1.45. The van der Waals surface area contributed by atoms with Gasteiger partial charge in [-0.15, -0.1) is 0 Å². The molecule has 8 heteroatoms. The number of aromatic nitrogens is 4. The third-order valence-electron chi connectivity index (χ3n) is 4.17. The molecule has 0 aliphatic carbocycles. The Kier molecular flexibility index (Phi) is 4.43. The Morgan fingerprint density at radius 2 is 1.92 bits per heavy atom. The first-order chi connectivity index (χ1) is 12.3. The highest BCUT2D eigenvalue weighted by Gasteiger charge is 2.13. The number of rotatable bonds is 4. The van der Waals surface area contributed by atoms with Crippen molar-refractivity contribution in [3.63, 3.8) is 0 Å². The molecule has 1 fully saturated rings. The van der Waals surface area contributed by atoms with Gasteiger partial charge >= 0.3 is 0 Å². The first-order valence-electron chi connectivity index (χ1n) is 8.25. The highest BCUT2D eigenvalue weighted by Crippen LogP contribution is 2.18. The van der Waals surface area contributed by atoms with Crippen LogP contribution in [0.1, 0.15) is 29.6 Å². The highest BCUT2D eigenvalue weighted by molar-refractivity contribution is 7.08. The normalized spacial score (nSPS) is 14.5. The molecule has 1 N–H and O–H groups in total. The summed E-state index contributed by atoms with van der Waals surface area (Å²) in [7, 11) is 0. The fraction of sp³-hybridized carbons (Fsp3) is 0.294. The van der Waals surface area contributed by atoms with E-state index in [1.54, 1.807) is 23.1 Å². The average molecular weight is 354 g/mol. The maximum atomic E-state index is 12.1. The van der Waals surface area contributed by atoms with E-state index in [-0.39, 0.29) is 5.91 Å². The lowest BCUT2D eigenvalue weighted by Gasteiger charge is -2.28. The summed E-state index contributed by atoms with van der Waals surface area (Å²) in [5.74, 6) is 0.332. The number of carbonyl (C=O) groups is 1. The number of nitrogens with zero attached hydrogens (tertiary/aromatic N) is 5. The smallest absolute Gasteiger partial charge is 0.256 e. The van der Waals surface area contributed by atoms with Gasteiger partial charge in [-0.05, 0) is 30.7 Å². The highest BCUT2D eigenvalue weighted by atomic mass is 32.1. The van der Waals surface area contributed by atoms with Crippen molar-refractivity contribution in [2.45, 2.75) is 19.3 Å². The molecule has 25 heavy (non-hydrogen) atoms. The maximum Gasteiger partial charge on any atom is 0.256 e. The maximum absolute atomic E-state index is 12.1. The van der Waals surface area contributed by atoms with Crippen LogP contribution < -0.4 is 10.2 Å². The number of hydrogen-bond donors (Lipinski definition) is 1. The van der Waals surface area contributed by atoms with E-state index in [0.29, 0.717) is 17.2 Å². The molecule has 0 radical (unpaired) electrons. The molecule has 128 valence electrons. The molecule has 1 aliphatic heterocycles. The number of piperidine rings is 1. The van der Waals surface area contributed by atoms with E-state index < -0.39 is 0 Å². The van der Waals surface area contributed by atoms with Crippen LogP contribution in [0.3, 0.4) is 0 Å². The molecule has 3 aromatic rings. The van der Waals surface area contributed by atoms with Crippen molar-refractivity contribution in [3.05, 3.63) is 47.2 Å². The molecule has 0 atom stereocenters. The number of thiophene rings is 1. The summed E-state index contributed by atoms with van der Waals surface area (Å²) >= 11 is 1.49. The molecule has 7 nitrogen and oxygen atoms in total.